The van der Waals surface area contributed by atoms with E-state index in [4.69, 9.17) is 31.7 Å². The Morgan fingerprint density at radius 3 is 1.34 bits per heavy atom. The maximum atomic E-state index is 9.16. The summed E-state index contributed by atoms with van der Waals surface area (Å²) in [7, 11) is 0. The highest BCUT2D eigenvalue weighted by atomic mass is 32.2. The molecule has 4 aromatic rings. The van der Waals surface area contributed by atoms with E-state index in [1.165, 1.54) is 0 Å². The SMILES string of the molecule is C#Cc1cc(Oc2ccc(Sc3ccc(Oc4ccc(C#N)c(C#N)c4)cc3)cc2)ccc1C#N. The lowest BCUT2D eigenvalue weighted by molar-refractivity contribution is 0.482. The predicted octanol–water partition coefficient (Wildman–Crippen LogP) is 7.02. The van der Waals surface area contributed by atoms with Crippen LogP contribution in [0.25, 0.3) is 0 Å². The molecule has 0 bridgehead atoms. The third-order valence-corrected chi connectivity index (χ3v) is 5.87. The minimum absolute atomic E-state index is 0.278. The van der Waals surface area contributed by atoms with Crippen LogP contribution in [0.4, 0.5) is 0 Å². The van der Waals surface area contributed by atoms with Gasteiger partial charge in [-0.1, -0.05) is 17.7 Å². The lowest BCUT2D eigenvalue weighted by atomic mass is 10.1. The summed E-state index contributed by atoms with van der Waals surface area (Å²) >= 11 is 1.59. The first-order valence-electron chi connectivity index (χ1n) is 10.3. The number of terminal acetylenes is 1. The smallest absolute Gasteiger partial charge is 0.128 e. The van der Waals surface area contributed by atoms with Crippen LogP contribution in [0.15, 0.2) is 94.7 Å². The van der Waals surface area contributed by atoms with Crippen molar-refractivity contribution in [1.29, 1.82) is 15.8 Å². The maximum Gasteiger partial charge on any atom is 0.128 e. The Morgan fingerprint density at radius 2 is 0.914 bits per heavy atom. The van der Waals surface area contributed by atoms with Gasteiger partial charge in [0.1, 0.15) is 41.2 Å². The summed E-state index contributed by atoms with van der Waals surface area (Å²) in [4.78, 5) is 2.05. The van der Waals surface area contributed by atoms with E-state index in [-0.39, 0.29) is 5.56 Å². The molecule has 0 aromatic heterocycles. The van der Waals surface area contributed by atoms with Gasteiger partial charge in [0.15, 0.2) is 0 Å². The van der Waals surface area contributed by atoms with E-state index in [2.05, 4.69) is 12.0 Å². The molecular formula is C29H15N3O2S. The van der Waals surface area contributed by atoms with Gasteiger partial charge in [-0.3, -0.25) is 0 Å². The first-order chi connectivity index (χ1) is 17.1. The lowest BCUT2D eigenvalue weighted by Gasteiger charge is -2.09. The molecule has 0 saturated heterocycles. The van der Waals surface area contributed by atoms with Crippen molar-refractivity contribution in [2.45, 2.75) is 9.79 Å². The second kappa shape index (κ2) is 10.7. The molecule has 4 aromatic carbocycles. The van der Waals surface area contributed by atoms with Crippen molar-refractivity contribution in [2.24, 2.45) is 0 Å². The van der Waals surface area contributed by atoms with E-state index in [1.54, 1.807) is 48.2 Å². The first kappa shape index (κ1) is 23.0. The van der Waals surface area contributed by atoms with Crippen LogP contribution in [0.1, 0.15) is 22.3 Å². The van der Waals surface area contributed by atoms with Crippen molar-refractivity contribution in [1.82, 2.24) is 0 Å². The molecule has 0 N–H and O–H groups in total. The van der Waals surface area contributed by atoms with E-state index >= 15 is 0 Å². The number of ether oxygens (including phenoxy) is 2. The Morgan fingerprint density at radius 1 is 0.514 bits per heavy atom. The van der Waals surface area contributed by atoms with Crippen molar-refractivity contribution in [2.75, 3.05) is 0 Å². The van der Waals surface area contributed by atoms with Gasteiger partial charge in [-0.25, -0.2) is 0 Å². The zero-order valence-corrected chi connectivity index (χ0v) is 19.0. The van der Waals surface area contributed by atoms with Crippen molar-refractivity contribution in [3.05, 3.63) is 107 Å². The van der Waals surface area contributed by atoms with Crippen molar-refractivity contribution >= 4 is 11.8 Å². The zero-order chi connectivity index (χ0) is 24.6. The van der Waals surface area contributed by atoms with Gasteiger partial charge < -0.3 is 9.47 Å². The molecule has 5 nitrogen and oxygen atoms in total. The third kappa shape index (κ3) is 5.62. The van der Waals surface area contributed by atoms with Gasteiger partial charge in [-0.2, -0.15) is 15.8 Å². The standard InChI is InChI=1S/C29H15N3O2S/c1-2-20-15-26(5-3-21(20)17-30)33-24-7-11-28(12-8-24)35-29-13-9-25(10-14-29)34-27-6-4-22(18-31)23(16-27)19-32/h1,3-16H. The Labute approximate surface area is 207 Å². The summed E-state index contributed by atoms with van der Waals surface area (Å²) in [5, 5.41) is 27.3. The first-order valence-corrected chi connectivity index (χ1v) is 11.1. The Hall–Kier alpha value is -5.14. The molecule has 0 fully saturated rings. The van der Waals surface area contributed by atoms with Crippen LogP contribution in [0.2, 0.25) is 0 Å². The summed E-state index contributed by atoms with van der Waals surface area (Å²) in [5.74, 6) is 4.84. The normalized spacial score (nSPS) is 9.71. The fraction of sp³-hybridized carbons (Fsp3) is 0. The summed E-state index contributed by atoms with van der Waals surface area (Å²) in [6.45, 7) is 0. The number of benzene rings is 4. The minimum Gasteiger partial charge on any atom is -0.457 e. The summed E-state index contributed by atoms with van der Waals surface area (Å²) < 4.78 is 11.7. The second-order valence-electron chi connectivity index (χ2n) is 7.14. The molecule has 0 aliphatic carbocycles. The number of hydrogen-bond donors (Lipinski definition) is 0. The molecule has 0 radical (unpaired) electrons. The Bertz CT molecular complexity index is 1430. The molecule has 0 heterocycles. The van der Waals surface area contributed by atoms with E-state index < -0.39 is 0 Å². The van der Waals surface area contributed by atoms with Crippen molar-refractivity contribution in [3.8, 4) is 53.5 Å². The highest BCUT2D eigenvalue weighted by molar-refractivity contribution is 7.99. The Kier molecular flexibility index (Phi) is 7.01. The second-order valence-corrected chi connectivity index (χ2v) is 8.29. The van der Waals surface area contributed by atoms with Gasteiger partial charge in [-0.05, 0) is 84.9 Å². The average Bonchev–Trinajstić information content (AvgIpc) is 2.90. The topological polar surface area (TPSA) is 89.8 Å². The van der Waals surface area contributed by atoms with E-state index in [0.717, 1.165) is 9.79 Å². The molecule has 0 unspecified atom stereocenters. The highest BCUT2D eigenvalue weighted by Gasteiger charge is 2.07. The quantitative estimate of drug-likeness (QED) is 0.282. The van der Waals surface area contributed by atoms with Gasteiger partial charge in [0.05, 0.1) is 16.7 Å². The molecular weight excluding hydrogens is 454 g/mol. The third-order valence-electron chi connectivity index (χ3n) is 4.85. The highest BCUT2D eigenvalue weighted by Crippen LogP contribution is 2.32. The molecule has 6 heteroatoms. The van der Waals surface area contributed by atoms with Crippen molar-refractivity contribution in [3.63, 3.8) is 0 Å². The predicted molar refractivity (Wildman–Crippen MR) is 132 cm³/mol. The summed E-state index contributed by atoms with van der Waals surface area (Å²) in [5.41, 5.74) is 1.53. The molecule has 35 heavy (non-hydrogen) atoms. The van der Waals surface area contributed by atoms with Crippen LogP contribution >= 0.6 is 11.8 Å². The van der Waals surface area contributed by atoms with E-state index in [0.29, 0.717) is 39.7 Å². The van der Waals surface area contributed by atoms with Gasteiger partial charge >= 0.3 is 0 Å². The minimum atomic E-state index is 0.278. The van der Waals surface area contributed by atoms with Gasteiger partial charge in [-0.15, -0.1) is 6.42 Å². The van der Waals surface area contributed by atoms with Crippen molar-refractivity contribution < 1.29 is 9.47 Å². The fourth-order valence-electron chi connectivity index (χ4n) is 3.14. The lowest BCUT2D eigenvalue weighted by Crippen LogP contribution is -1.88. The molecule has 4 rings (SSSR count). The van der Waals surface area contributed by atoms with Gasteiger partial charge in [0.2, 0.25) is 0 Å². The zero-order valence-electron chi connectivity index (χ0n) is 18.2. The van der Waals surface area contributed by atoms with E-state index in [1.807, 2.05) is 60.7 Å². The van der Waals surface area contributed by atoms with Crippen LogP contribution in [-0.4, -0.2) is 0 Å². The molecule has 0 atom stereocenters. The van der Waals surface area contributed by atoms with Crippen LogP contribution in [0.3, 0.4) is 0 Å². The van der Waals surface area contributed by atoms with Crippen LogP contribution < -0.4 is 9.47 Å². The fourth-order valence-corrected chi connectivity index (χ4v) is 3.96. The summed E-state index contributed by atoms with van der Waals surface area (Å²) in [6, 6.07) is 31.1. The van der Waals surface area contributed by atoms with E-state index in [9.17, 15) is 0 Å². The molecule has 0 amide bonds. The number of rotatable bonds is 6. The largest absolute Gasteiger partial charge is 0.457 e. The number of hydrogen-bond acceptors (Lipinski definition) is 6. The van der Waals surface area contributed by atoms with Crippen LogP contribution in [0, 0.1) is 46.3 Å². The maximum absolute atomic E-state index is 9.16. The van der Waals surface area contributed by atoms with Gasteiger partial charge in [0.25, 0.3) is 0 Å². The molecule has 0 saturated carbocycles. The molecule has 164 valence electrons. The van der Waals surface area contributed by atoms with Gasteiger partial charge in [0, 0.05) is 15.4 Å². The molecule has 0 aliphatic heterocycles. The monoisotopic (exact) mass is 469 g/mol. The summed E-state index contributed by atoms with van der Waals surface area (Å²) in [6.07, 6.45) is 5.46. The Balaban J connectivity index is 1.39. The molecule has 0 aliphatic rings. The van der Waals surface area contributed by atoms with Crippen LogP contribution in [-0.2, 0) is 0 Å². The number of nitrogens with zero attached hydrogens (tertiary/aromatic N) is 3. The number of nitriles is 3. The average molecular weight is 470 g/mol. The molecule has 0 spiro atoms. The van der Waals surface area contributed by atoms with Crippen LogP contribution in [0.5, 0.6) is 23.0 Å².